The van der Waals surface area contributed by atoms with Crippen molar-refractivity contribution in [1.82, 2.24) is 0 Å². The molecule has 2 aromatic carbocycles. The summed E-state index contributed by atoms with van der Waals surface area (Å²) in [5, 5.41) is 17.7. The SMILES string of the molecule is CC(C)(c1ccc(SCCSCCO)cc1)c1ccc(SCCSCCO)cc1. The topological polar surface area (TPSA) is 40.5 Å². The van der Waals surface area contributed by atoms with Gasteiger partial charge in [0.05, 0.1) is 13.2 Å². The summed E-state index contributed by atoms with van der Waals surface area (Å²) in [4.78, 5) is 2.61. The second-order valence-corrected chi connectivity index (χ2v) is 11.8. The van der Waals surface area contributed by atoms with Crippen LogP contribution in [0.1, 0.15) is 25.0 Å². The molecule has 0 spiro atoms. The molecular formula is C23H32O2S4. The van der Waals surface area contributed by atoms with E-state index in [4.69, 9.17) is 10.2 Å². The van der Waals surface area contributed by atoms with E-state index >= 15 is 0 Å². The molecule has 29 heavy (non-hydrogen) atoms. The second kappa shape index (κ2) is 13.9. The lowest BCUT2D eigenvalue weighted by molar-refractivity contribution is 0.322. The Morgan fingerprint density at radius 3 is 1.31 bits per heavy atom. The summed E-state index contributed by atoms with van der Waals surface area (Å²) in [5.74, 6) is 5.95. The summed E-state index contributed by atoms with van der Waals surface area (Å²) in [6.07, 6.45) is 0. The van der Waals surface area contributed by atoms with E-state index < -0.39 is 0 Å². The van der Waals surface area contributed by atoms with Crippen LogP contribution in [0.3, 0.4) is 0 Å². The lowest BCUT2D eigenvalue weighted by Crippen LogP contribution is -2.18. The Balaban J connectivity index is 1.88. The van der Waals surface area contributed by atoms with E-state index in [-0.39, 0.29) is 18.6 Å². The molecule has 0 radical (unpaired) electrons. The number of aliphatic hydroxyl groups excluding tert-OH is 2. The zero-order valence-electron chi connectivity index (χ0n) is 17.3. The molecule has 0 heterocycles. The molecule has 0 aliphatic heterocycles. The highest BCUT2D eigenvalue weighted by Gasteiger charge is 2.22. The van der Waals surface area contributed by atoms with Crippen molar-refractivity contribution < 1.29 is 10.2 Å². The number of thioether (sulfide) groups is 4. The van der Waals surface area contributed by atoms with Gasteiger partial charge >= 0.3 is 0 Å². The van der Waals surface area contributed by atoms with Crippen LogP contribution in [0.15, 0.2) is 58.3 Å². The van der Waals surface area contributed by atoms with Gasteiger partial charge in [0.15, 0.2) is 0 Å². The normalized spacial score (nSPS) is 11.7. The Labute approximate surface area is 193 Å². The molecule has 2 nitrogen and oxygen atoms in total. The van der Waals surface area contributed by atoms with Crippen LogP contribution in [-0.2, 0) is 5.41 Å². The highest BCUT2D eigenvalue weighted by atomic mass is 32.2. The first-order valence-corrected chi connectivity index (χ1v) is 14.2. The summed E-state index contributed by atoms with van der Waals surface area (Å²) in [6, 6.07) is 17.9. The molecule has 2 aromatic rings. The van der Waals surface area contributed by atoms with E-state index in [1.165, 1.54) is 20.9 Å². The van der Waals surface area contributed by atoms with E-state index in [9.17, 15) is 0 Å². The Morgan fingerprint density at radius 1 is 0.586 bits per heavy atom. The van der Waals surface area contributed by atoms with Crippen LogP contribution in [-0.4, -0.2) is 57.9 Å². The minimum atomic E-state index is -0.0274. The molecule has 160 valence electrons. The van der Waals surface area contributed by atoms with Crippen LogP contribution < -0.4 is 0 Å². The summed E-state index contributed by atoms with van der Waals surface area (Å²) in [5.41, 5.74) is 2.63. The Kier molecular flexibility index (Phi) is 12.0. The Morgan fingerprint density at radius 2 is 0.966 bits per heavy atom. The minimum Gasteiger partial charge on any atom is -0.396 e. The van der Waals surface area contributed by atoms with Gasteiger partial charge in [-0.25, -0.2) is 0 Å². The molecule has 2 N–H and O–H groups in total. The van der Waals surface area contributed by atoms with E-state index in [0.29, 0.717) is 0 Å². The van der Waals surface area contributed by atoms with Gasteiger partial charge in [-0.1, -0.05) is 38.1 Å². The van der Waals surface area contributed by atoms with Crippen LogP contribution in [0.4, 0.5) is 0 Å². The third kappa shape index (κ3) is 8.80. The molecule has 0 unspecified atom stereocenters. The molecule has 0 bridgehead atoms. The predicted molar refractivity (Wildman–Crippen MR) is 135 cm³/mol. The van der Waals surface area contributed by atoms with E-state index in [2.05, 4.69) is 62.4 Å². The van der Waals surface area contributed by atoms with Crippen LogP contribution >= 0.6 is 47.0 Å². The molecule has 6 heteroatoms. The Hall–Kier alpha value is -0.240. The molecule has 2 rings (SSSR count). The van der Waals surface area contributed by atoms with E-state index in [1.54, 1.807) is 23.5 Å². The lowest BCUT2D eigenvalue weighted by atomic mass is 9.78. The number of hydrogen-bond donors (Lipinski definition) is 2. The van der Waals surface area contributed by atoms with Crippen molar-refractivity contribution >= 4 is 47.0 Å². The highest BCUT2D eigenvalue weighted by molar-refractivity contribution is 8.03. The number of benzene rings is 2. The van der Waals surface area contributed by atoms with E-state index in [0.717, 1.165) is 34.5 Å². The van der Waals surface area contributed by atoms with Gasteiger partial charge in [-0.05, 0) is 35.4 Å². The molecule has 0 amide bonds. The zero-order valence-corrected chi connectivity index (χ0v) is 20.6. The van der Waals surface area contributed by atoms with Crippen molar-refractivity contribution in [1.29, 1.82) is 0 Å². The van der Waals surface area contributed by atoms with Crippen molar-refractivity contribution in [3.05, 3.63) is 59.7 Å². The van der Waals surface area contributed by atoms with Crippen LogP contribution in [0, 0.1) is 0 Å². The van der Waals surface area contributed by atoms with Gasteiger partial charge in [-0.15, -0.1) is 23.5 Å². The molecule has 0 fully saturated rings. The third-order valence-electron chi connectivity index (χ3n) is 4.62. The van der Waals surface area contributed by atoms with Gasteiger partial charge in [0.2, 0.25) is 0 Å². The molecule has 0 aliphatic rings. The molecule has 0 saturated carbocycles. The second-order valence-electron chi connectivity index (χ2n) is 7.04. The summed E-state index contributed by atoms with van der Waals surface area (Å²) in [7, 11) is 0. The third-order valence-corrected chi connectivity index (χ3v) is 9.09. The summed E-state index contributed by atoms with van der Waals surface area (Å²) < 4.78 is 0. The van der Waals surface area contributed by atoms with Gasteiger partial charge in [-0.3, -0.25) is 0 Å². The largest absolute Gasteiger partial charge is 0.396 e. The first kappa shape index (κ1) is 25.0. The fourth-order valence-corrected chi connectivity index (χ4v) is 6.28. The standard InChI is InChI=1S/C23H32O2S4/c1-23(2,19-3-7-21(8-4-19)28-17-15-26-13-11-24)20-5-9-22(10-6-20)29-18-16-27-14-12-25/h3-10,24-25H,11-18H2,1-2H3. The lowest BCUT2D eigenvalue weighted by Gasteiger charge is -2.26. The molecule has 0 aliphatic carbocycles. The van der Waals surface area contributed by atoms with Crippen LogP contribution in [0.5, 0.6) is 0 Å². The first-order chi connectivity index (χ1) is 14.1. The van der Waals surface area contributed by atoms with Crippen molar-refractivity contribution in [2.24, 2.45) is 0 Å². The molecule has 0 aromatic heterocycles. The molecule has 0 atom stereocenters. The average Bonchev–Trinajstić information content (AvgIpc) is 2.74. The molecular weight excluding hydrogens is 437 g/mol. The summed E-state index contributed by atoms with van der Waals surface area (Å²) in [6.45, 7) is 5.10. The van der Waals surface area contributed by atoms with Crippen molar-refractivity contribution in [2.75, 3.05) is 47.7 Å². The van der Waals surface area contributed by atoms with Gasteiger partial charge < -0.3 is 10.2 Å². The predicted octanol–water partition coefficient (Wildman–Crippen LogP) is 5.65. The zero-order chi connectivity index (χ0) is 21.0. The summed E-state index contributed by atoms with van der Waals surface area (Å²) >= 11 is 7.36. The van der Waals surface area contributed by atoms with Crippen molar-refractivity contribution in [3.8, 4) is 0 Å². The van der Waals surface area contributed by atoms with Crippen molar-refractivity contribution in [2.45, 2.75) is 29.1 Å². The van der Waals surface area contributed by atoms with Gasteiger partial charge in [0, 0.05) is 49.7 Å². The quantitative estimate of drug-likeness (QED) is 0.276. The average molecular weight is 469 g/mol. The number of hydrogen-bond acceptors (Lipinski definition) is 6. The Bertz CT molecular complexity index is 628. The van der Waals surface area contributed by atoms with E-state index in [1.807, 2.05) is 23.5 Å². The van der Waals surface area contributed by atoms with Gasteiger partial charge in [0.25, 0.3) is 0 Å². The maximum Gasteiger partial charge on any atom is 0.0521 e. The fourth-order valence-electron chi connectivity index (χ4n) is 2.87. The van der Waals surface area contributed by atoms with Crippen LogP contribution in [0.25, 0.3) is 0 Å². The van der Waals surface area contributed by atoms with Gasteiger partial charge in [-0.2, -0.15) is 23.5 Å². The van der Waals surface area contributed by atoms with Gasteiger partial charge in [0.1, 0.15) is 0 Å². The first-order valence-electron chi connectivity index (χ1n) is 9.92. The highest BCUT2D eigenvalue weighted by Crippen LogP contribution is 2.34. The maximum absolute atomic E-state index is 8.83. The molecule has 0 saturated heterocycles. The smallest absolute Gasteiger partial charge is 0.0521 e. The van der Waals surface area contributed by atoms with Crippen LogP contribution in [0.2, 0.25) is 0 Å². The number of rotatable bonds is 14. The maximum atomic E-state index is 8.83. The fraction of sp³-hybridized carbons (Fsp3) is 0.478. The number of aliphatic hydroxyl groups is 2. The van der Waals surface area contributed by atoms with Crippen molar-refractivity contribution in [3.63, 3.8) is 0 Å². The monoisotopic (exact) mass is 468 g/mol. The minimum absolute atomic E-state index is 0.0274.